The van der Waals surface area contributed by atoms with Crippen molar-refractivity contribution in [3.05, 3.63) is 16.3 Å². The van der Waals surface area contributed by atoms with E-state index in [1.54, 1.807) is 11.4 Å². The SMILES string of the molecule is CCC(O)(CC)COc1ccsc1C(=O)O. The van der Waals surface area contributed by atoms with Gasteiger partial charge in [0.1, 0.15) is 12.4 Å². The summed E-state index contributed by atoms with van der Waals surface area (Å²) in [6.07, 6.45) is 1.16. The summed E-state index contributed by atoms with van der Waals surface area (Å²) in [4.78, 5) is 11.0. The summed E-state index contributed by atoms with van der Waals surface area (Å²) in [7, 11) is 0. The van der Waals surface area contributed by atoms with Crippen molar-refractivity contribution in [3.63, 3.8) is 0 Å². The predicted octanol–water partition coefficient (Wildman–Crippen LogP) is 2.38. The quantitative estimate of drug-likeness (QED) is 0.806. The highest BCUT2D eigenvalue weighted by Crippen LogP contribution is 2.26. The molecule has 4 nitrogen and oxygen atoms in total. The lowest BCUT2D eigenvalue weighted by Gasteiger charge is -2.24. The lowest BCUT2D eigenvalue weighted by Crippen LogP contribution is -2.34. The minimum Gasteiger partial charge on any atom is -0.489 e. The monoisotopic (exact) mass is 244 g/mol. The number of aromatic carboxylic acids is 1. The first-order valence-corrected chi connectivity index (χ1v) is 6.06. The molecule has 1 aromatic heterocycles. The first-order valence-electron chi connectivity index (χ1n) is 5.18. The van der Waals surface area contributed by atoms with Crippen LogP contribution in [0.5, 0.6) is 5.75 Å². The Hall–Kier alpha value is -1.07. The fraction of sp³-hybridized carbons (Fsp3) is 0.545. The fourth-order valence-electron chi connectivity index (χ4n) is 1.23. The zero-order valence-electron chi connectivity index (χ0n) is 9.40. The van der Waals surface area contributed by atoms with E-state index in [0.29, 0.717) is 18.6 Å². The van der Waals surface area contributed by atoms with Crippen molar-refractivity contribution in [2.24, 2.45) is 0 Å². The zero-order valence-corrected chi connectivity index (χ0v) is 10.2. The molecule has 0 atom stereocenters. The molecule has 0 aliphatic rings. The van der Waals surface area contributed by atoms with Gasteiger partial charge in [0.15, 0.2) is 4.88 Å². The van der Waals surface area contributed by atoms with Crippen molar-refractivity contribution in [2.45, 2.75) is 32.3 Å². The van der Waals surface area contributed by atoms with Gasteiger partial charge < -0.3 is 14.9 Å². The fourth-order valence-corrected chi connectivity index (χ4v) is 1.90. The molecule has 5 heteroatoms. The van der Waals surface area contributed by atoms with E-state index in [9.17, 15) is 9.90 Å². The molecule has 0 unspecified atom stereocenters. The first kappa shape index (κ1) is 13.0. The van der Waals surface area contributed by atoms with Crippen LogP contribution in [0.15, 0.2) is 11.4 Å². The summed E-state index contributed by atoms with van der Waals surface area (Å²) in [5.74, 6) is -0.667. The first-order chi connectivity index (χ1) is 7.52. The Balaban J connectivity index is 2.67. The number of carboxylic acid groups (broad SMARTS) is 1. The molecule has 0 amide bonds. The van der Waals surface area contributed by atoms with Crippen LogP contribution in [0.4, 0.5) is 0 Å². The van der Waals surface area contributed by atoms with Crippen molar-refractivity contribution in [2.75, 3.05) is 6.61 Å². The maximum Gasteiger partial charge on any atom is 0.349 e. The molecule has 0 bridgehead atoms. The second kappa shape index (κ2) is 5.32. The van der Waals surface area contributed by atoms with Crippen molar-refractivity contribution in [1.29, 1.82) is 0 Å². The average Bonchev–Trinajstić information content (AvgIpc) is 2.74. The number of thiophene rings is 1. The van der Waals surface area contributed by atoms with E-state index in [2.05, 4.69) is 0 Å². The lowest BCUT2D eigenvalue weighted by molar-refractivity contribution is -0.0115. The highest BCUT2D eigenvalue weighted by molar-refractivity contribution is 7.12. The van der Waals surface area contributed by atoms with E-state index in [-0.39, 0.29) is 11.5 Å². The van der Waals surface area contributed by atoms with Gasteiger partial charge in [-0.05, 0) is 24.3 Å². The molecule has 0 fully saturated rings. The largest absolute Gasteiger partial charge is 0.489 e. The van der Waals surface area contributed by atoms with Crippen molar-refractivity contribution in [3.8, 4) is 5.75 Å². The van der Waals surface area contributed by atoms with Crippen LogP contribution in [0, 0.1) is 0 Å². The van der Waals surface area contributed by atoms with Crippen LogP contribution in [0.1, 0.15) is 36.4 Å². The summed E-state index contributed by atoms with van der Waals surface area (Å²) >= 11 is 1.12. The smallest absolute Gasteiger partial charge is 0.349 e. The van der Waals surface area contributed by atoms with Gasteiger partial charge in [0.25, 0.3) is 0 Å². The van der Waals surface area contributed by atoms with Crippen LogP contribution in [0.3, 0.4) is 0 Å². The van der Waals surface area contributed by atoms with E-state index < -0.39 is 11.6 Å². The molecule has 90 valence electrons. The molecule has 16 heavy (non-hydrogen) atoms. The average molecular weight is 244 g/mol. The van der Waals surface area contributed by atoms with E-state index in [0.717, 1.165) is 11.3 Å². The van der Waals surface area contributed by atoms with Crippen LogP contribution in [0.25, 0.3) is 0 Å². The molecule has 1 aromatic rings. The molecule has 0 aliphatic heterocycles. The maximum absolute atomic E-state index is 10.8. The minimum absolute atomic E-state index is 0.122. The van der Waals surface area contributed by atoms with E-state index >= 15 is 0 Å². The highest BCUT2D eigenvalue weighted by atomic mass is 32.1. The number of carbonyl (C=O) groups is 1. The van der Waals surface area contributed by atoms with E-state index in [1.807, 2.05) is 13.8 Å². The summed E-state index contributed by atoms with van der Waals surface area (Å²) in [6, 6.07) is 1.61. The Morgan fingerprint density at radius 3 is 2.62 bits per heavy atom. The van der Waals surface area contributed by atoms with Crippen LogP contribution >= 0.6 is 11.3 Å². The van der Waals surface area contributed by atoms with Gasteiger partial charge >= 0.3 is 5.97 Å². The standard InChI is InChI=1S/C11H16O4S/c1-3-11(14,4-2)7-15-8-5-6-16-9(8)10(12)13/h5-6,14H,3-4,7H2,1-2H3,(H,12,13). The summed E-state index contributed by atoms with van der Waals surface area (Å²) in [6.45, 7) is 3.87. The molecule has 2 N–H and O–H groups in total. The summed E-state index contributed by atoms with van der Waals surface area (Å²) < 4.78 is 5.36. The van der Waals surface area contributed by atoms with Crippen LogP contribution in [-0.2, 0) is 0 Å². The second-order valence-electron chi connectivity index (χ2n) is 3.64. The van der Waals surface area contributed by atoms with Crippen LogP contribution in [-0.4, -0.2) is 28.4 Å². The Bertz CT molecular complexity index is 355. The molecular formula is C11H16O4S. The third-order valence-corrected chi connectivity index (χ3v) is 3.52. The predicted molar refractivity (Wildman–Crippen MR) is 62.3 cm³/mol. The Kier molecular flexibility index (Phi) is 4.32. The molecule has 0 radical (unpaired) electrons. The van der Waals surface area contributed by atoms with Crippen molar-refractivity contribution < 1.29 is 19.7 Å². The van der Waals surface area contributed by atoms with Gasteiger partial charge in [0.05, 0.1) is 5.60 Å². The Morgan fingerprint density at radius 1 is 1.50 bits per heavy atom. The van der Waals surface area contributed by atoms with Gasteiger partial charge in [-0.2, -0.15) is 0 Å². The van der Waals surface area contributed by atoms with Crippen LogP contribution in [0.2, 0.25) is 0 Å². The number of ether oxygens (including phenoxy) is 1. The molecule has 0 aromatic carbocycles. The number of hydrogen-bond donors (Lipinski definition) is 2. The van der Waals surface area contributed by atoms with Crippen LogP contribution < -0.4 is 4.74 Å². The van der Waals surface area contributed by atoms with Gasteiger partial charge in [-0.25, -0.2) is 4.79 Å². The van der Waals surface area contributed by atoms with Gasteiger partial charge in [-0.3, -0.25) is 0 Å². The van der Waals surface area contributed by atoms with Crippen molar-refractivity contribution >= 4 is 17.3 Å². The number of carboxylic acids is 1. The topological polar surface area (TPSA) is 66.8 Å². The molecule has 1 heterocycles. The third kappa shape index (κ3) is 2.96. The normalized spacial score (nSPS) is 11.4. The minimum atomic E-state index is -0.999. The van der Waals surface area contributed by atoms with Gasteiger partial charge in [-0.15, -0.1) is 11.3 Å². The summed E-state index contributed by atoms with van der Waals surface area (Å²) in [5, 5.41) is 20.5. The van der Waals surface area contributed by atoms with E-state index in [4.69, 9.17) is 9.84 Å². The molecule has 0 saturated heterocycles. The second-order valence-corrected chi connectivity index (χ2v) is 4.56. The number of aliphatic hydroxyl groups is 1. The molecule has 1 rings (SSSR count). The lowest BCUT2D eigenvalue weighted by atomic mass is 9.99. The third-order valence-electron chi connectivity index (χ3n) is 2.64. The molecule has 0 saturated carbocycles. The summed E-state index contributed by atoms with van der Waals surface area (Å²) in [5.41, 5.74) is -0.877. The zero-order chi connectivity index (χ0) is 12.2. The number of rotatable bonds is 6. The van der Waals surface area contributed by atoms with Gasteiger partial charge in [0.2, 0.25) is 0 Å². The van der Waals surface area contributed by atoms with E-state index in [1.165, 1.54) is 0 Å². The molecule has 0 aliphatic carbocycles. The molecular weight excluding hydrogens is 228 g/mol. The maximum atomic E-state index is 10.8. The van der Waals surface area contributed by atoms with Gasteiger partial charge in [0, 0.05) is 0 Å². The Morgan fingerprint density at radius 2 is 2.12 bits per heavy atom. The molecule has 0 spiro atoms. The Labute approximate surface area is 98.5 Å². The van der Waals surface area contributed by atoms with Gasteiger partial charge in [-0.1, -0.05) is 13.8 Å². The van der Waals surface area contributed by atoms with Crippen molar-refractivity contribution in [1.82, 2.24) is 0 Å². The highest BCUT2D eigenvalue weighted by Gasteiger charge is 2.24. The number of hydrogen-bond acceptors (Lipinski definition) is 4.